The lowest BCUT2D eigenvalue weighted by Gasteiger charge is -2.24. The van der Waals surface area contributed by atoms with Crippen LogP contribution < -0.4 is 5.32 Å². The van der Waals surface area contributed by atoms with Gasteiger partial charge in [-0.1, -0.05) is 20.3 Å². The van der Waals surface area contributed by atoms with Crippen molar-refractivity contribution in [2.24, 2.45) is 11.8 Å². The van der Waals surface area contributed by atoms with Crippen molar-refractivity contribution in [3.8, 4) is 0 Å². The Morgan fingerprint density at radius 1 is 1.42 bits per heavy atom. The molecule has 1 aromatic heterocycles. The highest BCUT2D eigenvalue weighted by Gasteiger charge is 2.29. The molecule has 1 N–H and O–H groups in total. The first-order valence-electron chi connectivity index (χ1n) is 7.84. The second kappa shape index (κ2) is 7.04. The summed E-state index contributed by atoms with van der Waals surface area (Å²) in [6, 6.07) is 0.569. The molecule has 3 unspecified atom stereocenters. The maximum absolute atomic E-state index is 4.44. The summed E-state index contributed by atoms with van der Waals surface area (Å²) in [4.78, 5) is 4.44. The molecule has 2 rings (SSSR count). The summed E-state index contributed by atoms with van der Waals surface area (Å²) in [7, 11) is 0. The first-order valence-corrected chi connectivity index (χ1v) is 7.84. The minimum atomic E-state index is 0.569. The third-order valence-corrected chi connectivity index (χ3v) is 4.36. The van der Waals surface area contributed by atoms with Crippen LogP contribution in [0, 0.1) is 11.8 Å². The molecule has 0 saturated heterocycles. The van der Waals surface area contributed by atoms with Crippen LogP contribution in [0.25, 0.3) is 0 Å². The molecule has 108 valence electrons. The Kier molecular flexibility index (Phi) is 5.37. The summed E-state index contributed by atoms with van der Waals surface area (Å²) in [5.41, 5.74) is 0. The van der Waals surface area contributed by atoms with Gasteiger partial charge in [-0.15, -0.1) is 0 Å². The SMILES string of the molecule is CCCNC(Cc1ncnn1CC)C1CCC(C)C1. The molecular formula is C15H28N4. The standard InChI is InChI=1S/C15H28N4/c1-4-8-16-14(13-7-6-12(3)9-13)10-15-17-11-18-19(15)5-2/h11-14,16H,4-10H2,1-3H3. The smallest absolute Gasteiger partial charge is 0.138 e. The molecule has 1 aliphatic rings. The predicted molar refractivity (Wildman–Crippen MR) is 78.0 cm³/mol. The Labute approximate surface area is 117 Å². The maximum Gasteiger partial charge on any atom is 0.138 e. The number of nitrogens with zero attached hydrogens (tertiary/aromatic N) is 3. The van der Waals surface area contributed by atoms with Crippen LogP contribution in [0.3, 0.4) is 0 Å². The van der Waals surface area contributed by atoms with Crippen LogP contribution in [0.4, 0.5) is 0 Å². The first-order chi connectivity index (χ1) is 9.24. The van der Waals surface area contributed by atoms with E-state index in [1.54, 1.807) is 6.33 Å². The van der Waals surface area contributed by atoms with Gasteiger partial charge in [0.25, 0.3) is 0 Å². The summed E-state index contributed by atoms with van der Waals surface area (Å²) < 4.78 is 2.03. The van der Waals surface area contributed by atoms with Gasteiger partial charge >= 0.3 is 0 Å². The Bertz CT molecular complexity index is 374. The second-order valence-electron chi connectivity index (χ2n) is 5.94. The van der Waals surface area contributed by atoms with Gasteiger partial charge in [-0.05, 0) is 44.6 Å². The van der Waals surface area contributed by atoms with Crippen molar-refractivity contribution >= 4 is 0 Å². The highest BCUT2D eigenvalue weighted by Crippen LogP contribution is 2.33. The van der Waals surface area contributed by atoms with E-state index in [2.05, 4.69) is 36.2 Å². The molecule has 0 spiro atoms. The lowest BCUT2D eigenvalue weighted by Crippen LogP contribution is -2.38. The lowest BCUT2D eigenvalue weighted by atomic mass is 9.94. The largest absolute Gasteiger partial charge is 0.313 e. The third-order valence-electron chi connectivity index (χ3n) is 4.36. The zero-order valence-corrected chi connectivity index (χ0v) is 12.6. The number of aryl methyl sites for hydroxylation is 1. The number of aromatic nitrogens is 3. The van der Waals surface area contributed by atoms with Crippen LogP contribution in [0.1, 0.15) is 52.3 Å². The van der Waals surface area contributed by atoms with E-state index in [9.17, 15) is 0 Å². The zero-order chi connectivity index (χ0) is 13.7. The van der Waals surface area contributed by atoms with Crippen LogP contribution in [0.2, 0.25) is 0 Å². The molecule has 1 heterocycles. The maximum atomic E-state index is 4.44. The molecule has 19 heavy (non-hydrogen) atoms. The van der Waals surface area contributed by atoms with E-state index in [1.165, 1.54) is 25.7 Å². The van der Waals surface area contributed by atoms with E-state index >= 15 is 0 Å². The van der Waals surface area contributed by atoms with Crippen molar-refractivity contribution in [2.45, 2.75) is 65.5 Å². The van der Waals surface area contributed by atoms with Crippen molar-refractivity contribution < 1.29 is 0 Å². The van der Waals surface area contributed by atoms with Gasteiger partial charge in [-0.3, -0.25) is 4.68 Å². The van der Waals surface area contributed by atoms with Gasteiger partial charge < -0.3 is 5.32 Å². The number of hydrogen-bond donors (Lipinski definition) is 1. The molecule has 1 fully saturated rings. The molecule has 1 saturated carbocycles. The molecule has 4 heteroatoms. The first kappa shape index (κ1) is 14.5. The quantitative estimate of drug-likeness (QED) is 0.823. The summed E-state index contributed by atoms with van der Waals surface area (Å²) in [5, 5.41) is 8.03. The minimum Gasteiger partial charge on any atom is -0.313 e. The van der Waals surface area contributed by atoms with E-state index in [-0.39, 0.29) is 0 Å². The van der Waals surface area contributed by atoms with Gasteiger partial charge in [-0.25, -0.2) is 4.98 Å². The lowest BCUT2D eigenvalue weighted by molar-refractivity contribution is 0.339. The molecule has 0 amide bonds. The van der Waals surface area contributed by atoms with Gasteiger partial charge in [0.05, 0.1) is 0 Å². The molecule has 3 atom stereocenters. The summed E-state index contributed by atoms with van der Waals surface area (Å²) >= 11 is 0. The molecule has 0 aliphatic heterocycles. The molecule has 0 radical (unpaired) electrons. The fourth-order valence-electron chi connectivity index (χ4n) is 3.26. The molecule has 4 nitrogen and oxygen atoms in total. The van der Waals surface area contributed by atoms with Crippen molar-refractivity contribution in [1.82, 2.24) is 20.1 Å². The van der Waals surface area contributed by atoms with Crippen molar-refractivity contribution in [3.05, 3.63) is 12.2 Å². The van der Waals surface area contributed by atoms with Crippen molar-refractivity contribution in [3.63, 3.8) is 0 Å². The molecular weight excluding hydrogens is 236 g/mol. The Morgan fingerprint density at radius 3 is 2.89 bits per heavy atom. The zero-order valence-electron chi connectivity index (χ0n) is 12.6. The Morgan fingerprint density at radius 2 is 2.26 bits per heavy atom. The van der Waals surface area contributed by atoms with Gasteiger partial charge in [0.2, 0.25) is 0 Å². The fraction of sp³-hybridized carbons (Fsp3) is 0.867. The van der Waals surface area contributed by atoms with Crippen molar-refractivity contribution in [2.75, 3.05) is 6.54 Å². The van der Waals surface area contributed by atoms with E-state index in [4.69, 9.17) is 0 Å². The monoisotopic (exact) mass is 264 g/mol. The molecule has 1 aliphatic carbocycles. The third kappa shape index (κ3) is 3.78. The summed E-state index contributed by atoms with van der Waals surface area (Å²) in [6.07, 6.45) is 8.01. The minimum absolute atomic E-state index is 0.569. The van der Waals surface area contributed by atoms with E-state index in [0.717, 1.165) is 37.2 Å². The Hall–Kier alpha value is -0.900. The topological polar surface area (TPSA) is 42.7 Å². The average Bonchev–Trinajstić information content (AvgIpc) is 3.02. The number of hydrogen-bond acceptors (Lipinski definition) is 3. The van der Waals surface area contributed by atoms with Crippen LogP contribution >= 0.6 is 0 Å². The summed E-state index contributed by atoms with van der Waals surface area (Å²) in [5.74, 6) is 2.83. The van der Waals surface area contributed by atoms with Gasteiger partial charge in [0, 0.05) is 19.0 Å². The normalized spacial score (nSPS) is 24.8. The second-order valence-corrected chi connectivity index (χ2v) is 5.94. The van der Waals surface area contributed by atoms with E-state index in [1.807, 2.05) is 4.68 Å². The average molecular weight is 264 g/mol. The van der Waals surface area contributed by atoms with Gasteiger partial charge in [0.15, 0.2) is 0 Å². The molecule has 0 aromatic carbocycles. The number of rotatable bonds is 7. The fourth-order valence-corrected chi connectivity index (χ4v) is 3.26. The highest BCUT2D eigenvalue weighted by atomic mass is 15.3. The van der Waals surface area contributed by atoms with Crippen molar-refractivity contribution in [1.29, 1.82) is 0 Å². The molecule has 1 aromatic rings. The van der Waals surface area contributed by atoms with Gasteiger partial charge in [0.1, 0.15) is 12.2 Å². The van der Waals surface area contributed by atoms with Crippen LogP contribution in [-0.4, -0.2) is 27.4 Å². The van der Waals surface area contributed by atoms with Crippen LogP contribution in [-0.2, 0) is 13.0 Å². The summed E-state index contributed by atoms with van der Waals surface area (Å²) in [6.45, 7) is 8.76. The van der Waals surface area contributed by atoms with Gasteiger partial charge in [-0.2, -0.15) is 5.10 Å². The Balaban J connectivity index is 2.01. The molecule has 0 bridgehead atoms. The highest BCUT2D eigenvalue weighted by molar-refractivity contribution is 4.94. The van der Waals surface area contributed by atoms with E-state index in [0.29, 0.717) is 6.04 Å². The van der Waals surface area contributed by atoms with Crippen LogP contribution in [0.5, 0.6) is 0 Å². The van der Waals surface area contributed by atoms with E-state index < -0.39 is 0 Å². The predicted octanol–water partition coefficient (Wildman–Crippen LogP) is 2.64. The number of nitrogens with one attached hydrogen (secondary N) is 1. The van der Waals surface area contributed by atoms with Crippen LogP contribution in [0.15, 0.2) is 6.33 Å².